The van der Waals surface area contributed by atoms with E-state index in [0.29, 0.717) is 5.92 Å². The maximum absolute atomic E-state index is 5.98. The Bertz CT molecular complexity index is 106. The number of hydrogen-bond donors (Lipinski definition) is 2. The normalized spacial score (nSPS) is 19.2. The third-order valence-electron chi connectivity index (χ3n) is 2.39. The molecule has 2 nitrogen and oxygen atoms in total. The summed E-state index contributed by atoms with van der Waals surface area (Å²) in [4.78, 5) is 0. The summed E-state index contributed by atoms with van der Waals surface area (Å²) in [5.74, 6) is 0.716. The molecule has 1 aliphatic rings. The van der Waals surface area contributed by atoms with E-state index >= 15 is 0 Å². The molecule has 1 rings (SSSR count). The van der Waals surface area contributed by atoms with Gasteiger partial charge in [-0.15, -0.1) is 24.8 Å². The van der Waals surface area contributed by atoms with Crippen LogP contribution in [0.3, 0.4) is 0 Å². The molecule has 0 aliphatic carbocycles. The molecular formula is C8H20Cl2N2. The third-order valence-corrected chi connectivity index (χ3v) is 2.39. The summed E-state index contributed by atoms with van der Waals surface area (Å²) in [6, 6.07) is 0. The van der Waals surface area contributed by atoms with Gasteiger partial charge in [0.15, 0.2) is 0 Å². The van der Waals surface area contributed by atoms with Gasteiger partial charge in [0, 0.05) is 5.54 Å². The molecule has 0 bridgehead atoms. The molecule has 0 aromatic heterocycles. The predicted molar refractivity (Wildman–Crippen MR) is 58.4 cm³/mol. The van der Waals surface area contributed by atoms with Gasteiger partial charge >= 0.3 is 0 Å². The van der Waals surface area contributed by atoms with Gasteiger partial charge in [0.05, 0.1) is 0 Å². The zero-order valence-corrected chi connectivity index (χ0v) is 9.43. The Kier molecular flexibility index (Phi) is 7.54. The molecule has 0 amide bonds. The molecule has 0 aromatic carbocycles. The molecule has 4 heteroatoms. The van der Waals surface area contributed by atoms with Crippen molar-refractivity contribution in [1.82, 2.24) is 5.32 Å². The minimum absolute atomic E-state index is 0. The van der Waals surface area contributed by atoms with Crippen LogP contribution in [0.5, 0.6) is 0 Å². The summed E-state index contributed by atoms with van der Waals surface area (Å²) in [6.45, 7) is 6.54. The fourth-order valence-electron chi connectivity index (χ4n) is 1.57. The van der Waals surface area contributed by atoms with E-state index in [-0.39, 0.29) is 30.4 Å². The van der Waals surface area contributed by atoms with E-state index in [1.54, 1.807) is 0 Å². The first-order chi connectivity index (χ1) is 4.61. The second-order valence-electron chi connectivity index (χ2n) is 3.85. The summed E-state index contributed by atoms with van der Waals surface area (Å²) in [5.41, 5.74) is 6.01. The van der Waals surface area contributed by atoms with Gasteiger partial charge in [-0.2, -0.15) is 0 Å². The standard InChI is InChI=1S/C8H18N2.2ClH/c1-8(2,9)7-3-5-10-6-4-7;;/h7,10H,3-6,9H2,1-2H3;2*1H. The monoisotopic (exact) mass is 214 g/mol. The third kappa shape index (κ3) is 4.51. The van der Waals surface area contributed by atoms with Crippen molar-refractivity contribution in [3.8, 4) is 0 Å². The Labute approximate surface area is 87.5 Å². The number of nitrogens with one attached hydrogen (secondary N) is 1. The van der Waals surface area contributed by atoms with Crippen LogP contribution < -0.4 is 11.1 Å². The van der Waals surface area contributed by atoms with Crippen LogP contribution in [0, 0.1) is 5.92 Å². The largest absolute Gasteiger partial charge is 0.325 e. The van der Waals surface area contributed by atoms with Crippen molar-refractivity contribution in [2.24, 2.45) is 11.7 Å². The predicted octanol–water partition coefficient (Wildman–Crippen LogP) is 1.57. The van der Waals surface area contributed by atoms with Gasteiger partial charge in [-0.05, 0) is 45.7 Å². The average Bonchev–Trinajstić information content (AvgIpc) is 1.88. The maximum atomic E-state index is 5.98. The molecule has 0 spiro atoms. The van der Waals surface area contributed by atoms with E-state index in [1.165, 1.54) is 12.8 Å². The van der Waals surface area contributed by atoms with Crippen LogP contribution in [0.25, 0.3) is 0 Å². The Morgan fingerprint density at radius 1 is 1.17 bits per heavy atom. The van der Waals surface area contributed by atoms with Crippen molar-refractivity contribution in [2.75, 3.05) is 13.1 Å². The number of rotatable bonds is 1. The molecule has 3 N–H and O–H groups in total. The fraction of sp³-hybridized carbons (Fsp3) is 1.00. The van der Waals surface area contributed by atoms with Gasteiger partial charge < -0.3 is 11.1 Å². The highest BCUT2D eigenvalue weighted by atomic mass is 35.5. The van der Waals surface area contributed by atoms with Crippen molar-refractivity contribution >= 4 is 24.8 Å². The summed E-state index contributed by atoms with van der Waals surface area (Å²) in [5, 5.41) is 3.33. The van der Waals surface area contributed by atoms with Crippen LogP contribution in [0.2, 0.25) is 0 Å². The van der Waals surface area contributed by atoms with Crippen molar-refractivity contribution < 1.29 is 0 Å². The lowest BCUT2D eigenvalue weighted by Gasteiger charge is -2.33. The summed E-state index contributed by atoms with van der Waals surface area (Å²) >= 11 is 0. The van der Waals surface area contributed by atoms with Crippen molar-refractivity contribution in [2.45, 2.75) is 32.2 Å². The van der Waals surface area contributed by atoms with E-state index in [2.05, 4.69) is 19.2 Å². The van der Waals surface area contributed by atoms with Crippen molar-refractivity contribution in [3.63, 3.8) is 0 Å². The molecule has 76 valence electrons. The lowest BCUT2D eigenvalue weighted by atomic mass is 9.82. The first-order valence-corrected chi connectivity index (χ1v) is 4.10. The number of hydrogen-bond acceptors (Lipinski definition) is 2. The van der Waals surface area contributed by atoms with Gasteiger partial charge in [0.1, 0.15) is 0 Å². The Morgan fingerprint density at radius 2 is 1.58 bits per heavy atom. The zero-order chi connectivity index (χ0) is 7.61. The molecule has 0 aromatic rings. The molecule has 0 saturated carbocycles. The Hall–Kier alpha value is 0.500. The van der Waals surface area contributed by atoms with Gasteiger partial charge in [0.25, 0.3) is 0 Å². The number of nitrogens with two attached hydrogens (primary N) is 1. The molecule has 0 radical (unpaired) electrons. The number of piperidine rings is 1. The first kappa shape index (κ1) is 15.0. The summed E-state index contributed by atoms with van der Waals surface area (Å²) < 4.78 is 0. The van der Waals surface area contributed by atoms with E-state index in [4.69, 9.17) is 5.73 Å². The Morgan fingerprint density at radius 3 is 1.83 bits per heavy atom. The second-order valence-corrected chi connectivity index (χ2v) is 3.85. The summed E-state index contributed by atoms with van der Waals surface area (Å²) in [6.07, 6.45) is 2.48. The highest BCUT2D eigenvalue weighted by molar-refractivity contribution is 5.85. The van der Waals surface area contributed by atoms with Gasteiger partial charge in [-0.25, -0.2) is 0 Å². The fourth-order valence-corrected chi connectivity index (χ4v) is 1.57. The molecule has 1 fully saturated rings. The van der Waals surface area contributed by atoms with Crippen molar-refractivity contribution in [1.29, 1.82) is 0 Å². The molecule has 12 heavy (non-hydrogen) atoms. The van der Waals surface area contributed by atoms with Crippen LogP contribution in [-0.2, 0) is 0 Å². The van der Waals surface area contributed by atoms with Gasteiger partial charge in [0.2, 0.25) is 0 Å². The SMILES string of the molecule is CC(C)(N)C1CCNCC1.Cl.Cl. The van der Waals surface area contributed by atoms with E-state index in [0.717, 1.165) is 13.1 Å². The lowest BCUT2D eigenvalue weighted by Crippen LogP contribution is -2.45. The highest BCUT2D eigenvalue weighted by Gasteiger charge is 2.25. The molecule has 0 atom stereocenters. The quantitative estimate of drug-likeness (QED) is 0.696. The van der Waals surface area contributed by atoms with E-state index < -0.39 is 0 Å². The average molecular weight is 215 g/mol. The van der Waals surface area contributed by atoms with E-state index in [9.17, 15) is 0 Å². The summed E-state index contributed by atoms with van der Waals surface area (Å²) in [7, 11) is 0. The zero-order valence-electron chi connectivity index (χ0n) is 7.80. The molecule has 1 heterocycles. The highest BCUT2D eigenvalue weighted by Crippen LogP contribution is 2.22. The van der Waals surface area contributed by atoms with Crippen LogP contribution >= 0.6 is 24.8 Å². The topological polar surface area (TPSA) is 38.0 Å². The van der Waals surface area contributed by atoms with Crippen LogP contribution in [0.1, 0.15) is 26.7 Å². The molecule has 1 saturated heterocycles. The van der Waals surface area contributed by atoms with Crippen molar-refractivity contribution in [3.05, 3.63) is 0 Å². The minimum Gasteiger partial charge on any atom is -0.325 e. The molecular weight excluding hydrogens is 195 g/mol. The molecule has 0 unspecified atom stereocenters. The number of halogens is 2. The second kappa shape index (κ2) is 6.03. The minimum atomic E-state index is 0. The maximum Gasteiger partial charge on any atom is 0.0126 e. The first-order valence-electron chi connectivity index (χ1n) is 4.10. The molecule has 1 aliphatic heterocycles. The Balaban J connectivity index is 0. The van der Waals surface area contributed by atoms with Crippen LogP contribution in [0.15, 0.2) is 0 Å². The lowest BCUT2D eigenvalue weighted by molar-refractivity contribution is 0.250. The van der Waals surface area contributed by atoms with E-state index in [1.807, 2.05) is 0 Å². The smallest absolute Gasteiger partial charge is 0.0126 e. The van der Waals surface area contributed by atoms with Crippen LogP contribution in [0.4, 0.5) is 0 Å². The van der Waals surface area contributed by atoms with Gasteiger partial charge in [-0.3, -0.25) is 0 Å². The van der Waals surface area contributed by atoms with Crippen LogP contribution in [-0.4, -0.2) is 18.6 Å². The van der Waals surface area contributed by atoms with Gasteiger partial charge in [-0.1, -0.05) is 0 Å².